The summed E-state index contributed by atoms with van der Waals surface area (Å²) in [7, 11) is 1.82. The van der Waals surface area contributed by atoms with E-state index in [2.05, 4.69) is 51.7 Å². The van der Waals surface area contributed by atoms with Crippen molar-refractivity contribution in [1.82, 2.24) is 20.5 Å². The van der Waals surface area contributed by atoms with E-state index < -0.39 is 0 Å². The van der Waals surface area contributed by atoms with E-state index in [1.54, 1.807) is 11.3 Å². The van der Waals surface area contributed by atoms with E-state index in [-0.39, 0.29) is 0 Å². The number of nitrogens with zero attached hydrogens (tertiary/aromatic N) is 3. The lowest BCUT2D eigenvalue weighted by atomic mass is 10.1. The van der Waals surface area contributed by atoms with Crippen LogP contribution in [0.2, 0.25) is 0 Å². The second-order valence-corrected chi connectivity index (χ2v) is 7.03. The molecule has 0 aromatic carbocycles. The zero-order valence-electron chi connectivity index (χ0n) is 13.7. The molecule has 118 valence electrons. The highest BCUT2D eigenvalue weighted by Crippen LogP contribution is 2.18. The number of thiazole rings is 1. The zero-order chi connectivity index (χ0) is 15.4. The number of aryl methyl sites for hydroxylation is 1. The third-order valence-electron chi connectivity index (χ3n) is 3.99. The molecule has 1 aromatic rings. The van der Waals surface area contributed by atoms with Gasteiger partial charge in [0.1, 0.15) is 5.01 Å². The molecule has 5 nitrogen and oxygen atoms in total. The summed E-state index contributed by atoms with van der Waals surface area (Å²) in [6.07, 6.45) is 0. The van der Waals surface area contributed by atoms with Crippen LogP contribution in [0.3, 0.4) is 0 Å². The number of aliphatic imine (C=N–C) groups is 1. The van der Waals surface area contributed by atoms with Crippen molar-refractivity contribution in [2.45, 2.75) is 46.3 Å². The van der Waals surface area contributed by atoms with Crippen LogP contribution >= 0.6 is 11.3 Å². The first kappa shape index (κ1) is 16.2. The van der Waals surface area contributed by atoms with Crippen LogP contribution in [0.1, 0.15) is 31.5 Å². The maximum atomic E-state index is 4.46. The predicted molar refractivity (Wildman–Crippen MR) is 89.8 cm³/mol. The topological polar surface area (TPSA) is 52.6 Å². The summed E-state index contributed by atoms with van der Waals surface area (Å²) in [6, 6.07) is 1.06. The molecule has 0 bridgehead atoms. The second kappa shape index (κ2) is 7.22. The lowest BCUT2D eigenvalue weighted by Gasteiger charge is -2.21. The fourth-order valence-electron chi connectivity index (χ4n) is 2.63. The molecule has 2 heterocycles. The smallest absolute Gasteiger partial charge is 0.191 e. The van der Waals surface area contributed by atoms with Crippen LogP contribution in [0.15, 0.2) is 10.4 Å². The monoisotopic (exact) mass is 309 g/mol. The molecular formula is C15H27N5S. The van der Waals surface area contributed by atoms with Gasteiger partial charge in [0.05, 0.1) is 6.54 Å². The zero-order valence-corrected chi connectivity index (χ0v) is 14.5. The standard InChI is InChI=1S/C15H27N5S/c1-10(2)20-7-11(3)13(8-20)19-15(16-5)17-6-14-18-12(4)9-21-14/h9-11,13H,6-8H2,1-5H3,(H2,16,17,19). The average molecular weight is 309 g/mol. The lowest BCUT2D eigenvalue weighted by Crippen LogP contribution is -2.46. The summed E-state index contributed by atoms with van der Waals surface area (Å²) >= 11 is 1.68. The number of nitrogens with one attached hydrogen (secondary N) is 2. The molecule has 1 aliphatic rings. The Bertz CT molecular complexity index is 482. The van der Waals surface area contributed by atoms with Gasteiger partial charge in [0, 0.05) is 43.3 Å². The van der Waals surface area contributed by atoms with Crippen molar-refractivity contribution < 1.29 is 0 Å². The van der Waals surface area contributed by atoms with Gasteiger partial charge in [-0.15, -0.1) is 11.3 Å². The van der Waals surface area contributed by atoms with Crippen LogP contribution < -0.4 is 10.6 Å². The number of likely N-dealkylation sites (tertiary alicyclic amines) is 1. The molecule has 0 radical (unpaired) electrons. The third kappa shape index (κ3) is 4.41. The summed E-state index contributed by atoms with van der Waals surface area (Å²) in [5.74, 6) is 1.50. The van der Waals surface area contributed by atoms with Crippen LogP contribution in [0.25, 0.3) is 0 Å². The van der Waals surface area contributed by atoms with E-state index in [9.17, 15) is 0 Å². The number of guanidine groups is 1. The predicted octanol–water partition coefficient (Wildman–Crippen LogP) is 1.85. The van der Waals surface area contributed by atoms with Gasteiger partial charge in [-0.1, -0.05) is 6.92 Å². The molecule has 6 heteroatoms. The van der Waals surface area contributed by atoms with Gasteiger partial charge in [-0.3, -0.25) is 9.89 Å². The highest BCUT2D eigenvalue weighted by molar-refractivity contribution is 7.09. The van der Waals surface area contributed by atoms with Crippen molar-refractivity contribution in [2.24, 2.45) is 10.9 Å². The number of hydrogen-bond acceptors (Lipinski definition) is 4. The van der Waals surface area contributed by atoms with Gasteiger partial charge in [0.2, 0.25) is 0 Å². The van der Waals surface area contributed by atoms with Crippen LogP contribution in [-0.2, 0) is 6.54 Å². The maximum Gasteiger partial charge on any atom is 0.191 e. The first-order chi connectivity index (χ1) is 9.99. The van der Waals surface area contributed by atoms with Gasteiger partial charge in [0.25, 0.3) is 0 Å². The quantitative estimate of drug-likeness (QED) is 0.658. The summed E-state index contributed by atoms with van der Waals surface area (Å²) < 4.78 is 0. The Morgan fingerprint density at radius 2 is 2.29 bits per heavy atom. The van der Waals surface area contributed by atoms with Crippen LogP contribution in [0.4, 0.5) is 0 Å². The highest BCUT2D eigenvalue weighted by Gasteiger charge is 2.31. The molecule has 2 unspecified atom stereocenters. The van der Waals surface area contributed by atoms with Gasteiger partial charge in [-0.25, -0.2) is 4.98 Å². The molecule has 2 N–H and O–H groups in total. The summed E-state index contributed by atoms with van der Waals surface area (Å²) in [4.78, 5) is 11.3. The molecule has 2 rings (SSSR count). The van der Waals surface area contributed by atoms with Gasteiger partial charge in [0.15, 0.2) is 5.96 Å². The summed E-state index contributed by atoms with van der Waals surface area (Å²) in [6.45, 7) is 11.8. The number of rotatable bonds is 4. The Hall–Kier alpha value is -1.14. The Labute approximate surface area is 131 Å². The minimum Gasteiger partial charge on any atom is -0.352 e. The molecular weight excluding hydrogens is 282 g/mol. The van der Waals surface area contributed by atoms with E-state index in [4.69, 9.17) is 0 Å². The van der Waals surface area contributed by atoms with E-state index in [0.29, 0.717) is 18.0 Å². The van der Waals surface area contributed by atoms with Gasteiger partial charge >= 0.3 is 0 Å². The molecule has 1 aromatic heterocycles. The largest absolute Gasteiger partial charge is 0.352 e. The van der Waals surface area contributed by atoms with E-state index in [1.807, 2.05) is 14.0 Å². The van der Waals surface area contributed by atoms with Crippen LogP contribution in [0, 0.1) is 12.8 Å². The van der Waals surface area contributed by atoms with Crippen molar-refractivity contribution in [1.29, 1.82) is 0 Å². The molecule has 21 heavy (non-hydrogen) atoms. The minimum atomic E-state index is 0.455. The van der Waals surface area contributed by atoms with Crippen molar-refractivity contribution in [2.75, 3.05) is 20.1 Å². The SMILES string of the molecule is CN=C(NCc1nc(C)cs1)NC1CN(C(C)C)CC1C. The average Bonchev–Trinajstić information content (AvgIpc) is 3.01. The molecule has 0 aliphatic carbocycles. The van der Waals surface area contributed by atoms with E-state index >= 15 is 0 Å². The summed E-state index contributed by atoms with van der Waals surface area (Å²) in [5, 5.41) is 10.1. The number of hydrogen-bond donors (Lipinski definition) is 2. The summed E-state index contributed by atoms with van der Waals surface area (Å²) in [5.41, 5.74) is 1.08. The molecule has 1 saturated heterocycles. The Morgan fingerprint density at radius 1 is 1.52 bits per heavy atom. The molecule has 0 amide bonds. The first-order valence-electron chi connectivity index (χ1n) is 7.61. The highest BCUT2D eigenvalue weighted by atomic mass is 32.1. The van der Waals surface area contributed by atoms with Crippen LogP contribution in [-0.4, -0.2) is 48.1 Å². The molecule has 1 fully saturated rings. The van der Waals surface area contributed by atoms with Crippen LogP contribution in [0.5, 0.6) is 0 Å². The third-order valence-corrected chi connectivity index (χ3v) is 4.96. The Morgan fingerprint density at radius 3 is 2.81 bits per heavy atom. The number of aromatic nitrogens is 1. The van der Waals surface area contributed by atoms with Crippen molar-refractivity contribution in [3.63, 3.8) is 0 Å². The van der Waals surface area contributed by atoms with Gasteiger partial charge in [-0.2, -0.15) is 0 Å². The first-order valence-corrected chi connectivity index (χ1v) is 8.49. The van der Waals surface area contributed by atoms with Crippen molar-refractivity contribution in [3.8, 4) is 0 Å². The molecule has 2 atom stereocenters. The molecule has 1 aliphatic heterocycles. The Kier molecular flexibility index (Phi) is 5.58. The fraction of sp³-hybridized carbons (Fsp3) is 0.733. The lowest BCUT2D eigenvalue weighted by molar-refractivity contribution is 0.265. The normalized spacial score (nSPS) is 23.8. The minimum absolute atomic E-state index is 0.455. The van der Waals surface area contributed by atoms with Gasteiger partial charge < -0.3 is 10.6 Å². The fourth-order valence-corrected chi connectivity index (χ4v) is 3.34. The van der Waals surface area contributed by atoms with Crippen molar-refractivity contribution in [3.05, 3.63) is 16.1 Å². The molecule has 0 spiro atoms. The second-order valence-electron chi connectivity index (χ2n) is 6.08. The van der Waals surface area contributed by atoms with Gasteiger partial charge in [-0.05, 0) is 26.7 Å². The van der Waals surface area contributed by atoms with E-state index in [0.717, 1.165) is 36.3 Å². The Balaban J connectivity index is 1.85. The molecule has 0 saturated carbocycles. The maximum absolute atomic E-state index is 4.46. The van der Waals surface area contributed by atoms with Crippen molar-refractivity contribution >= 4 is 17.3 Å². The van der Waals surface area contributed by atoms with E-state index in [1.165, 1.54) is 0 Å².